The second-order valence-electron chi connectivity index (χ2n) is 7.77. The molecule has 2 rings (SSSR count). The first kappa shape index (κ1) is 30.8. The highest BCUT2D eigenvalue weighted by molar-refractivity contribution is 7.80. The third kappa shape index (κ3) is 13.6. The Hall–Kier alpha value is -3.24. The highest BCUT2D eigenvalue weighted by Gasteiger charge is 1.99. The summed E-state index contributed by atoms with van der Waals surface area (Å²) < 4.78 is 10.2. The number of aryl methyl sites for hydroxylation is 2. The number of hydrazone groups is 2. The van der Waals surface area contributed by atoms with Gasteiger partial charge in [0.25, 0.3) is 0 Å². The lowest BCUT2D eigenvalue weighted by Gasteiger charge is -2.05. The van der Waals surface area contributed by atoms with Crippen LogP contribution in [-0.2, 0) is 12.8 Å². The fraction of sp³-hybridized carbons (Fsp3) is 0.385. The highest BCUT2D eigenvalue weighted by atomic mass is 32.1. The summed E-state index contributed by atoms with van der Waals surface area (Å²) in [4.78, 5) is 0. The standard InChI is InChI=1S/2C13H19N3OS/c2*1-10(15-16-13(18)14-2)4-5-11-6-8-12(17-3)9-7-11/h2*6-9H,4-5H2,1-3H3,(H2,14,16,18)/b2*15-10+. The van der Waals surface area contributed by atoms with Crippen LogP contribution in [0.25, 0.3) is 0 Å². The molecule has 8 nitrogen and oxygen atoms in total. The maximum absolute atomic E-state index is 5.12. The maximum Gasteiger partial charge on any atom is 0.186 e. The van der Waals surface area contributed by atoms with Crippen molar-refractivity contribution in [3.8, 4) is 11.5 Å². The van der Waals surface area contributed by atoms with Gasteiger partial charge in [0, 0.05) is 25.5 Å². The van der Waals surface area contributed by atoms with Crippen LogP contribution in [0.2, 0.25) is 0 Å². The molecule has 10 heteroatoms. The van der Waals surface area contributed by atoms with E-state index in [0.29, 0.717) is 10.2 Å². The summed E-state index contributed by atoms with van der Waals surface area (Å²) in [5, 5.41) is 15.0. The van der Waals surface area contributed by atoms with E-state index in [1.54, 1.807) is 28.3 Å². The van der Waals surface area contributed by atoms with Gasteiger partial charge in [-0.15, -0.1) is 0 Å². The van der Waals surface area contributed by atoms with Gasteiger partial charge in [-0.05, 0) is 99.4 Å². The number of nitrogens with one attached hydrogen (secondary N) is 4. The zero-order chi connectivity index (χ0) is 26.8. The molecule has 0 saturated heterocycles. The number of nitrogens with zero attached hydrogens (tertiary/aromatic N) is 2. The summed E-state index contributed by atoms with van der Waals surface area (Å²) in [7, 11) is 6.86. The SMILES string of the molecule is CNC(=S)N/N=C(\C)CCc1ccc(OC)cc1.CNC(=S)N/N=C(\C)CCc1ccc(OC)cc1. The monoisotopic (exact) mass is 530 g/mol. The van der Waals surface area contributed by atoms with Crippen molar-refractivity contribution in [2.45, 2.75) is 39.5 Å². The van der Waals surface area contributed by atoms with E-state index in [1.807, 2.05) is 38.1 Å². The van der Waals surface area contributed by atoms with Crippen LogP contribution in [0.15, 0.2) is 58.7 Å². The van der Waals surface area contributed by atoms with Gasteiger partial charge in [0.15, 0.2) is 10.2 Å². The summed E-state index contributed by atoms with van der Waals surface area (Å²) in [6.07, 6.45) is 3.69. The molecule has 0 aliphatic carbocycles. The van der Waals surface area contributed by atoms with Crippen molar-refractivity contribution >= 4 is 46.1 Å². The third-order valence-electron chi connectivity index (χ3n) is 5.02. The molecule has 2 aromatic rings. The summed E-state index contributed by atoms with van der Waals surface area (Å²) in [6.45, 7) is 3.96. The topological polar surface area (TPSA) is 91.3 Å². The van der Waals surface area contributed by atoms with E-state index >= 15 is 0 Å². The largest absolute Gasteiger partial charge is 0.497 e. The van der Waals surface area contributed by atoms with Crippen LogP contribution in [0, 0.1) is 0 Å². The van der Waals surface area contributed by atoms with Crippen LogP contribution < -0.4 is 31.0 Å². The lowest BCUT2D eigenvalue weighted by Crippen LogP contribution is -2.29. The molecule has 36 heavy (non-hydrogen) atoms. The molecule has 0 spiro atoms. The first-order valence-electron chi connectivity index (χ1n) is 11.6. The van der Waals surface area contributed by atoms with Crippen molar-refractivity contribution in [1.29, 1.82) is 0 Å². The Morgan fingerprint density at radius 1 is 0.667 bits per heavy atom. The number of rotatable bonds is 10. The Balaban J connectivity index is 0.000000360. The van der Waals surface area contributed by atoms with E-state index in [4.69, 9.17) is 33.9 Å². The smallest absolute Gasteiger partial charge is 0.186 e. The molecule has 0 aliphatic heterocycles. The van der Waals surface area contributed by atoms with Crippen LogP contribution in [0.5, 0.6) is 11.5 Å². The first-order valence-corrected chi connectivity index (χ1v) is 12.4. The predicted octanol–water partition coefficient (Wildman–Crippen LogP) is 4.20. The van der Waals surface area contributed by atoms with Crippen molar-refractivity contribution in [3.05, 3.63) is 59.7 Å². The molecule has 196 valence electrons. The molecule has 0 amide bonds. The number of methoxy groups -OCH3 is 2. The van der Waals surface area contributed by atoms with Crippen LogP contribution in [-0.4, -0.2) is 50.0 Å². The Morgan fingerprint density at radius 2 is 1.00 bits per heavy atom. The molecule has 0 bridgehead atoms. The van der Waals surface area contributed by atoms with Gasteiger partial charge in [-0.2, -0.15) is 10.2 Å². The second-order valence-corrected chi connectivity index (χ2v) is 8.59. The fourth-order valence-electron chi connectivity index (χ4n) is 2.75. The van der Waals surface area contributed by atoms with Gasteiger partial charge in [-0.25, -0.2) is 0 Å². The number of ether oxygens (including phenoxy) is 2. The molecule has 0 aliphatic rings. The molecule has 4 N–H and O–H groups in total. The Labute approximate surface area is 225 Å². The minimum absolute atomic E-state index is 0.527. The maximum atomic E-state index is 5.12. The fourth-order valence-corrected chi connectivity index (χ4v) is 2.84. The van der Waals surface area contributed by atoms with Crippen molar-refractivity contribution < 1.29 is 9.47 Å². The number of hydrogen-bond donors (Lipinski definition) is 4. The molecule has 0 atom stereocenters. The Morgan fingerprint density at radius 3 is 1.28 bits per heavy atom. The molecule has 0 heterocycles. The number of hydrogen-bond acceptors (Lipinski definition) is 6. The van der Waals surface area contributed by atoms with E-state index in [2.05, 4.69) is 56.0 Å². The normalized spacial score (nSPS) is 10.9. The van der Waals surface area contributed by atoms with Gasteiger partial charge in [0.05, 0.1) is 14.2 Å². The van der Waals surface area contributed by atoms with Crippen molar-refractivity contribution in [2.75, 3.05) is 28.3 Å². The molecule has 0 unspecified atom stereocenters. The highest BCUT2D eigenvalue weighted by Crippen LogP contribution is 2.13. The number of thiocarbonyl (C=S) groups is 2. The van der Waals surface area contributed by atoms with E-state index < -0.39 is 0 Å². The average molecular weight is 531 g/mol. The first-order chi connectivity index (χ1) is 17.3. The van der Waals surface area contributed by atoms with E-state index in [1.165, 1.54) is 11.1 Å². The van der Waals surface area contributed by atoms with Gasteiger partial charge in [-0.3, -0.25) is 10.9 Å². The van der Waals surface area contributed by atoms with Gasteiger partial charge in [0.2, 0.25) is 0 Å². The van der Waals surface area contributed by atoms with Gasteiger partial charge in [-0.1, -0.05) is 24.3 Å². The average Bonchev–Trinajstić information content (AvgIpc) is 2.93. The zero-order valence-electron chi connectivity index (χ0n) is 22.0. The molecule has 0 saturated carbocycles. The van der Waals surface area contributed by atoms with Crippen LogP contribution in [0.4, 0.5) is 0 Å². The number of benzene rings is 2. The van der Waals surface area contributed by atoms with Gasteiger partial charge < -0.3 is 20.1 Å². The van der Waals surface area contributed by atoms with Crippen LogP contribution in [0.3, 0.4) is 0 Å². The van der Waals surface area contributed by atoms with E-state index in [9.17, 15) is 0 Å². The van der Waals surface area contributed by atoms with Crippen molar-refractivity contribution in [3.63, 3.8) is 0 Å². The van der Waals surface area contributed by atoms with Gasteiger partial charge >= 0.3 is 0 Å². The lowest BCUT2D eigenvalue weighted by molar-refractivity contribution is 0.414. The molecule has 0 fully saturated rings. The summed E-state index contributed by atoms with van der Waals surface area (Å²) in [5.74, 6) is 1.76. The molecule has 0 aromatic heterocycles. The van der Waals surface area contributed by atoms with Crippen molar-refractivity contribution in [1.82, 2.24) is 21.5 Å². The van der Waals surface area contributed by atoms with Gasteiger partial charge in [0.1, 0.15) is 11.5 Å². The predicted molar refractivity (Wildman–Crippen MR) is 158 cm³/mol. The van der Waals surface area contributed by atoms with E-state index in [-0.39, 0.29) is 0 Å². The van der Waals surface area contributed by atoms with Crippen LogP contribution >= 0.6 is 24.4 Å². The minimum Gasteiger partial charge on any atom is -0.497 e. The van der Waals surface area contributed by atoms with Crippen molar-refractivity contribution in [2.24, 2.45) is 10.2 Å². The lowest BCUT2D eigenvalue weighted by atomic mass is 10.1. The Kier molecular flexibility index (Phi) is 15.5. The third-order valence-corrected chi connectivity index (χ3v) is 5.61. The summed E-state index contributed by atoms with van der Waals surface area (Å²) >= 11 is 9.87. The molecule has 2 aromatic carbocycles. The van der Waals surface area contributed by atoms with Crippen LogP contribution in [0.1, 0.15) is 37.8 Å². The van der Waals surface area contributed by atoms with E-state index in [0.717, 1.165) is 48.6 Å². The molecular formula is C26H38N6O2S2. The molecular weight excluding hydrogens is 492 g/mol. The quantitative estimate of drug-likeness (QED) is 0.207. The summed E-state index contributed by atoms with van der Waals surface area (Å²) in [6, 6.07) is 16.1. The Bertz CT molecular complexity index is 911. The zero-order valence-corrected chi connectivity index (χ0v) is 23.6. The summed E-state index contributed by atoms with van der Waals surface area (Å²) in [5.41, 5.74) is 10.1. The minimum atomic E-state index is 0.527. The molecule has 0 radical (unpaired) electrons. The second kappa shape index (κ2) is 18.1.